The van der Waals surface area contributed by atoms with Crippen LogP contribution in [-0.2, 0) is 14.3 Å². The van der Waals surface area contributed by atoms with Gasteiger partial charge in [-0.2, -0.15) is 0 Å². The van der Waals surface area contributed by atoms with Gasteiger partial charge in [-0.15, -0.1) is 10.2 Å². The van der Waals surface area contributed by atoms with E-state index in [2.05, 4.69) is 35.9 Å². The summed E-state index contributed by atoms with van der Waals surface area (Å²) in [6.07, 6.45) is 4.11. The third-order valence-electron chi connectivity index (χ3n) is 4.40. The summed E-state index contributed by atoms with van der Waals surface area (Å²) in [4.78, 5) is 26.3. The van der Waals surface area contributed by atoms with Crippen molar-refractivity contribution < 1.29 is 14.3 Å². The maximum atomic E-state index is 11.9. The Hall–Kier alpha value is -2.81. The fourth-order valence-corrected chi connectivity index (χ4v) is 3.74. The van der Waals surface area contributed by atoms with Crippen LogP contribution in [0.2, 0.25) is 0 Å². The van der Waals surface area contributed by atoms with E-state index in [-0.39, 0.29) is 18.2 Å². The van der Waals surface area contributed by atoms with Gasteiger partial charge in [0.15, 0.2) is 11.0 Å². The van der Waals surface area contributed by atoms with Gasteiger partial charge < -0.3 is 15.0 Å². The molecule has 0 saturated heterocycles. The van der Waals surface area contributed by atoms with Crippen LogP contribution in [-0.4, -0.2) is 51.0 Å². The fourth-order valence-electron chi connectivity index (χ4n) is 2.90. The highest BCUT2D eigenvalue weighted by atomic mass is 32.2. The van der Waals surface area contributed by atoms with Crippen LogP contribution in [0.5, 0.6) is 0 Å². The molecule has 0 unspecified atom stereocenters. The summed E-state index contributed by atoms with van der Waals surface area (Å²) in [5.41, 5.74) is 2.06. The zero-order valence-electron chi connectivity index (χ0n) is 14.8. The van der Waals surface area contributed by atoms with Gasteiger partial charge in [-0.25, -0.2) is 0 Å². The van der Waals surface area contributed by atoms with Gasteiger partial charge in [0.05, 0.1) is 12.9 Å². The number of rotatable bonds is 7. The van der Waals surface area contributed by atoms with Crippen molar-refractivity contribution in [2.24, 2.45) is 0 Å². The zero-order chi connectivity index (χ0) is 18.8. The molecule has 1 aromatic carbocycles. The number of methoxy groups -OCH3 is 1. The number of fused-ring (bicyclic) bond motifs is 1. The summed E-state index contributed by atoms with van der Waals surface area (Å²) in [6.45, 7) is -0.133. The van der Waals surface area contributed by atoms with Gasteiger partial charge in [0, 0.05) is 28.7 Å². The molecule has 1 aliphatic carbocycles. The van der Waals surface area contributed by atoms with E-state index in [0.717, 1.165) is 35.1 Å². The molecular formula is C18H19N5O3S. The van der Waals surface area contributed by atoms with Crippen molar-refractivity contribution in [3.63, 3.8) is 0 Å². The van der Waals surface area contributed by atoms with Crippen molar-refractivity contribution >= 4 is 34.5 Å². The van der Waals surface area contributed by atoms with Gasteiger partial charge in [-0.3, -0.25) is 14.2 Å². The SMILES string of the molecule is COC(=O)CNC(=O)CSc1nnc(-c2c[nH]c3ccccc23)n1C1CC1. The maximum Gasteiger partial charge on any atom is 0.325 e. The second-order valence-corrected chi connectivity index (χ2v) is 7.24. The lowest BCUT2D eigenvalue weighted by atomic mass is 10.1. The first-order chi connectivity index (χ1) is 13.2. The van der Waals surface area contributed by atoms with E-state index in [1.807, 2.05) is 24.4 Å². The van der Waals surface area contributed by atoms with Crippen molar-refractivity contribution in [2.75, 3.05) is 19.4 Å². The number of amides is 1. The third-order valence-corrected chi connectivity index (χ3v) is 5.34. The Labute approximate surface area is 159 Å². The van der Waals surface area contributed by atoms with Crippen molar-refractivity contribution in [3.8, 4) is 11.4 Å². The van der Waals surface area contributed by atoms with Crippen LogP contribution < -0.4 is 5.32 Å². The largest absolute Gasteiger partial charge is 0.468 e. The molecule has 0 spiro atoms. The van der Waals surface area contributed by atoms with E-state index in [0.29, 0.717) is 11.2 Å². The normalized spacial score (nSPS) is 13.7. The number of thioether (sulfide) groups is 1. The lowest BCUT2D eigenvalue weighted by Gasteiger charge is -2.08. The molecule has 0 bridgehead atoms. The minimum Gasteiger partial charge on any atom is -0.468 e. The molecule has 0 atom stereocenters. The third kappa shape index (κ3) is 3.68. The molecule has 4 rings (SSSR count). The Morgan fingerprint density at radius 1 is 1.33 bits per heavy atom. The first-order valence-electron chi connectivity index (χ1n) is 8.65. The number of benzene rings is 1. The Bertz CT molecular complexity index is 992. The second kappa shape index (κ2) is 7.43. The van der Waals surface area contributed by atoms with E-state index in [9.17, 15) is 9.59 Å². The molecular weight excluding hydrogens is 366 g/mol. The van der Waals surface area contributed by atoms with Crippen LogP contribution >= 0.6 is 11.8 Å². The average Bonchev–Trinajstić information content (AvgIpc) is 3.30. The first-order valence-corrected chi connectivity index (χ1v) is 9.63. The Morgan fingerprint density at radius 3 is 2.93 bits per heavy atom. The summed E-state index contributed by atoms with van der Waals surface area (Å²) in [7, 11) is 1.29. The van der Waals surface area contributed by atoms with Crippen LogP contribution in [0.3, 0.4) is 0 Å². The number of nitrogens with zero attached hydrogens (tertiary/aromatic N) is 3. The van der Waals surface area contributed by atoms with Gasteiger partial charge in [-0.05, 0) is 18.9 Å². The minimum absolute atomic E-state index is 0.133. The van der Waals surface area contributed by atoms with Crippen LogP contribution in [0.25, 0.3) is 22.3 Å². The van der Waals surface area contributed by atoms with Gasteiger partial charge in [0.25, 0.3) is 0 Å². The number of esters is 1. The van der Waals surface area contributed by atoms with Crippen LogP contribution in [0, 0.1) is 0 Å². The predicted molar refractivity (Wildman–Crippen MR) is 101 cm³/mol. The molecule has 27 heavy (non-hydrogen) atoms. The molecule has 0 radical (unpaired) electrons. The van der Waals surface area contributed by atoms with E-state index < -0.39 is 5.97 Å². The second-order valence-electron chi connectivity index (χ2n) is 6.30. The van der Waals surface area contributed by atoms with Crippen LogP contribution in [0.4, 0.5) is 0 Å². The maximum absolute atomic E-state index is 11.9. The van der Waals surface area contributed by atoms with Gasteiger partial charge in [0.2, 0.25) is 5.91 Å². The number of hydrogen-bond acceptors (Lipinski definition) is 6. The summed E-state index contributed by atoms with van der Waals surface area (Å²) < 4.78 is 6.63. The predicted octanol–water partition coefficient (Wildman–Crippen LogP) is 2.14. The number of carbonyl (C=O) groups is 2. The highest BCUT2D eigenvalue weighted by Crippen LogP contribution is 2.42. The molecule has 140 valence electrons. The summed E-state index contributed by atoms with van der Waals surface area (Å²) in [5.74, 6) is 0.253. The fraction of sp³-hybridized carbons (Fsp3) is 0.333. The smallest absolute Gasteiger partial charge is 0.325 e. The Balaban J connectivity index is 1.53. The summed E-state index contributed by atoms with van der Waals surface area (Å²) in [6, 6.07) is 8.43. The van der Waals surface area contributed by atoms with Crippen molar-refractivity contribution in [2.45, 2.75) is 24.0 Å². The van der Waals surface area contributed by atoms with E-state index in [4.69, 9.17) is 0 Å². The van der Waals surface area contributed by atoms with Crippen LogP contribution in [0.1, 0.15) is 18.9 Å². The molecule has 2 N–H and O–H groups in total. The number of aromatic nitrogens is 4. The molecule has 3 aromatic rings. The topological polar surface area (TPSA) is 102 Å². The molecule has 0 aliphatic heterocycles. The molecule has 2 aromatic heterocycles. The minimum atomic E-state index is -0.476. The van der Waals surface area contributed by atoms with Gasteiger partial charge >= 0.3 is 5.97 Å². The number of ether oxygens (including phenoxy) is 1. The van der Waals surface area contributed by atoms with Gasteiger partial charge in [0.1, 0.15) is 6.54 Å². The average molecular weight is 385 g/mol. The number of H-pyrrole nitrogens is 1. The number of para-hydroxylation sites is 1. The standard InChI is InChI=1S/C18H19N5O3S/c1-26-16(25)9-20-15(24)10-27-18-22-21-17(23(18)11-6-7-11)13-8-19-14-5-3-2-4-12(13)14/h2-5,8,11,19H,6-7,9-10H2,1H3,(H,20,24). The Morgan fingerprint density at radius 2 is 2.15 bits per heavy atom. The van der Waals surface area contributed by atoms with E-state index in [1.54, 1.807) is 0 Å². The van der Waals surface area contributed by atoms with Crippen molar-refractivity contribution in [1.82, 2.24) is 25.1 Å². The number of carbonyl (C=O) groups excluding carboxylic acids is 2. The van der Waals surface area contributed by atoms with Crippen molar-refractivity contribution in [1.29, 1.82) is 0 Å². The monoisotopic (exact) mass is 385 g/mol. The van der Waals surface area contributed by atoms with Gasteiger partial charge in [-0.1, -0.05) is 30.0 Å². The summed E-state index contributed by atoms with van der Waals surface area (Å²) >= 11 is 1.32. The summed E-state index contributed by atoms with van der Waals surface area (Å²) in [5, 5.41) is 13.1. The lowest BCUT2D eigenvalue weighted by molar-refractivity contribution is -0.140. The Kier molecular flexibility index (Phi) is 4.85. The number of hydrogen-bond donors (Lipinski definition) is 2. The molecule has 1 aliphatic rings. The highest BCUT2D eigenvalue weighted by molar-refractivity contribution is 7.99. The zero-order valence-corrected chi connectivity index (χ0v) is 15.6. The molecule has 8 nitrogen and oxygen atoms in total. The molecule has 1 saturated carbocycles. The number of aromatic amines is 1. The van der Waals surface area contributed by atoms with Crippen molar-refractivity contribution in [3.05, 3.63) is 30.5 Å². The molecule has 1 amide bonds. The number of nitrogens with one attached hydrogen (secondary N) is 2. The molecule has 2 heterocycles. The quantitative estimate of drug-likeness (QED) is 0.477. The van der Waals surface area contributed by atoms with Crippen LogP contribution in [0.15, 0.2) is 35.6 Å². The van der Waals surface area contributed by atoms with E-state index >= 15 is 0 Å². The first kappa shape index (κ1) is 17.6. The highest BCUT2D eigenvalue weighted by Gasteiger charge is 2.31. The van der Waals surface area contributed by atoms with E-state index in [1.165, 1.54) is 18.9 Å². The molecule has 9 heteroatoms. The molecule has 1 fully saturated rings. The lowest BCUT2D eigenvalue weighted by Crippen LogP contribution is -2.31.